The zero-order valence-electron chi connectivity index (χ0n) is 11.3. The third-order valence-corrected chi connectivity index (χ3v) is 4.79. The van der Waals surface area contributed by atoms with Gasteiger partial charge in [-0.3, -0.25) is 4.90 Å². The SMILES string of the molecule is CCN1CCN(C(CN)c2cc(Cl)ccc2Br)CC1. The summed E-state index contributed by atoms with van der Waals surface area (Å²) >= 11 is 9.73. The van der Waals surface area contributed by atoms with Gasteiger partial charge in [0.15, 0.2) is 0 Å². The third kappa shape index (κ3) is 3.70. The largest absolute Gasteiger partial charge is 0.329 e. The lowest BCUT2D eigenvalue weighted by Gasteiger charge is -2.39. The summed E-state index contributed by atoms with van der Waals surface area (Å²) in [5.74, 6) is 0. The number of piperazine rings is 1. The average Bonchev–Trinajstić information content (AvgIpc) is 2.44. The maximum Gasteiger partial charge on any atom is 0.0483 e. The Morgan fingerprint density at radius 2 is 2.00 bits per heavy atom. The first-order valence-electron chi connectivity index (χ1n) is 6.77. The van der Waals surface area contributed by atoms with Gasteiger partial charge in [-0.25, -0.2) is 0 Å². The van der Waals surface area contributed by atoms with Gasteiger partial charge >= 0.3 is 0 Å². The Bertz CT molecular complexity index is 419. The molecule has 1 aromatic carbocycles. The topological polar surface area (TPSA) is 32.5 Å². The van der Waals surface area contributed by atoms with E-state index >= 15 is 0 Å². The standard InChI is InChI=1S/C14H21BrClN3/c1-2-18-5-7-19(8-6-18)14(10-17)12-9-11(16)3-4-13(12)15/h3-4,9,14H,2,5-8,10,17H2,1H3. The molecule has 1 atom stereocenters. The van der Waals surface area contributed by atoms with Crippen molar-refractivity contribution in [1.82, 2.24) is 9.80 Å². The molecule has 1 aliphatic rings. The van der Waals surface area contributed by atoms with E-state index in [0.717, 1.165) is 42.2 Å². The van der Waals surface area contributed by atoms with E-state index in [2.05, 4.69) is 32.7 Å². The minimum Gasteiger partial charge on any atom is -0.329 e. The summed E-state index contributed by atoms with van der Waals surface area (Å²) in [7, 11) is 0. The first-order chi connectivity index (χ1) is 9.15. The van der Waals surface area contributed by atoms with Crippen LogP contribution in [-0.2, 0) is 0 Å². The van der Waals surface area contributed by atoms with Gasteiger partial charge in [-0.2, -0.15) is 0 Å². The van der Waals surface area contributed by atoms with E-state index in [4.69, 9.17) is 17.3 Å². The maximum atomic E-state index is 6.11. The van der Waals surface area contributed by atoms with Crippen molar-refractivity contribution in [3.8, 4) is 0 Å². The number of nitrogens with zero attached hydrogens (tertiary/aromatic N) is 2. The molecule has 3 nitrogen and oxygen atoms in total. The van der Waals surface area contributed by atoms with Crippen LogP contribution in [0.25, 0.3) is 0 Å². The Morgan fingerprint density at radius 1 is 1.32 bits per heavy atom. The van der Waals surface area contributed by atoms with Crippen LogP contribution in [0.5, 0.6) is 0 Å². The van der Waals surface area contributed by atoms with Crippen molar-refractivity contribution < 1.29 is 0 Å². The number of rotatable bonds is 4. The Hall–Kier alpha value is -0.130. The van der Waals surface area contributed by atoms with Crippen LogP contribution in [0.15, 0.2) is 22.7 Å². The molecule has 0 radical (unpaired) electrons. The molecule has 2 N–H and O–H groups in total. The van der Waals surface area contributed by atoms with Crippen molar-refractivity contribution in [3.63, 3.8) is 0 Å². The highest BCUT2D eigenvalue weighted by Gasteiger charge is 2.25. The Balaban J connectivity index is 2.14. The normalized spacial score (nSPS) is 19.6. The van der Waals surface area contributed by atoms with Gasteiger partial charge < -0.3 is 10.6 Å². The second-order valence-corrected chi connectivity index (χ2v) is 6.18. The van der Waals surface area contributed by atoms with E-state index in [1.807, 2.05) is 18.2 Å². The van der Waals surface area contributed by atoms with Crippen LogP contribution in [0, 0.1) is 0 Å². The fourth-order valence-electron chi connectivity index (χ4n) is 2.63. The fourth-order valence-corrected chi connectivity index (χ4v) is 3.33. The van der Waals surface area contributed by atoms with E-state index < -0.39 is 0 Å². The summed E-state index contributed by atoms with van der Waals surface area (Å²) in [4.78, 5) is 4.93. The van der Waals surface area contributed by atoms with Gasteiger partial charge in [0.25, 0.3) is 0 Å². The molecule has 0 saturated carbocycles. The maximum absolute atomic E-state index is 6.11. The highest BCUT2D eigenvalue weighted by atomic mass is 79.9. The van der Waals surface area contributed by atoms with Crippen LogP contribution in [0.2, 0.25) is 5.02 Å². The second-order valence-electron chi connectivity index (χ2n) is 4.89. The lowest BCUT2D eigenvalue weighted by atomic mass is 10.0. The van der Waals surface area contributed by atoms with Crippen LogP contribution in [-0.4, -0.2) is 49.1 Å². The smallest absolute Gasteiger partial charge is 0.0483 e. The molecule has 0 aliphatic carbocycles. The predicted octanol–water partition coefficient (Wildman–Crippen LogP) is 2.74. The Morgan fingerprint density at radius 3 is 2.58 bits per heavy atom. The Labute approximate surface area is 128 Å². The van der Waals surface area contributed by atoms with Gasteiger partial charge in [-0.05, 0) is 30.3 Å². The van der Waals surface area contributed by atoms with Crippen molar-refractivity contribution in [3.05, 3.63) is 33.3 Å². The molecule has 1 saturated heterocycles. The molecule has 1 aliphatic heterocycles. The van der Waals surface area contributed by atoms with Crippen molar-refractivity contribution in [2.45, 2.75) is 13.0 Å². The van der Waals surface area contributed by atoms with E-state index in [1.54, 1.807) is 0 Å². The summed E-state index contributed by atoms with van der Waals surface area (Å²) in [6, 6.07) is 6.17. The van der Waals surface area contributed by atoms with Crippen molar-refractivity contribution in [2.24, 2.45) is 5.73 Å². The average molecular weight is 347 g/mol. The van der Waals surface area contributed by atoms with Gasteiger partial charge in [-0.15, -0.1) is 0 Å². The molecular formula is C14H21BrClN3. The van der Waals surface area contributed by atoms with Gasteiger partial charge in [0.05, 0.1) is 0 Å². The molecule has 106 valence electrons. The summed E-state index contributed by atoms with van der Waals surface area (Å²) in [5, 5.41) is 0.767. The van der Waals surface area contributed by atoms with Crippen molar-refractivity contribution in [1.29, 1.82) is 0 Å². The minimum absolute atomic E-state index is 0.243. The summed E-state index contributed by atoms with van der Waals surface area (Å²) in [5.41, 5.74) is 7.20. The van der Waals surface area contributed by atoms with Gasteiger partial charge in [0.2, 0.25) is 0 Å². The van der Waals surface area contributed by atoms with Crippen LogP contribution in [0.4, 0.5) is 0 Å². The lowest BCUT2D eigenvalue weighted by Crippen LogP contribution is -2.48. The number of nitrogens with two attached hydrogens (primary N) is 1. The predicted molar refractivity (Wildman–Crippen MR) is 84.6 cm³/mol. The molecule has 0 spiro atoms. The molecule has 1 aromatic rings. The number of likely N-dealkylation sites (N-methyl/N-ethyl adjacent to an activating group) is 1. The summed E-state index contributed by atoms with van der Waals surface area (Å²) < 4.78 is 1.09. The van der Waals surface area contributed by atoms with Crippen LogP contribution >= 0.6 is 27.5 Å². The third-order valence-electron chi connectivity index (χ3n) is 3.84. The number of benzene rings is 1. The monoisotopic (exact) mass is 345 g/mol. The minimum atomic E-state index is 0.243. The molecule has 0 amide bonds. The Kier molecular flexibility index (Phi) is 5.66. The van der Waals surface area contributed by atoms with Gasteiger partial charge in [-0.1, -0.05) is 34.5 Å². The second kappa shape index (κ2) is 7.04. The number of hydrogen-bond acceptors (Lipinski definition) is 3. The molecule has 5 heteroatoms. The quantitative estimate of drug-likeness (QED) is 0.910. The highest BCUT2D eigenvalue weighted by Crippen LogP contribution is 2.30. The molecule has 2 rings (SSSR count). The van der Waals surface area contributed by atoms with Gasteiger partial charge in [0, 0.05) is 48.3 Å². The van der Waals surface area contributed by atoms with Crippen molar-refractivity contribution in [2.75, 3.05) is 39.3 Å². The lowest BCUT2D eigenvalue weighted by molar-refractivity contribution is 0.102. The van der Waals surface area contributed by atoms with Crippen LogP contribution < -0.4 is 5.73 Å². The highest BCUT2D eigenvalue weighted by molar-refractivity contribution is 9.10. The fraction of sp³-hybridized carbons (Fsp3) is 0.571. The van der Waals surface area contributed by atoms with E-state index in [1.165, 1.54) is 5.56 Å². The summed E-state index contributed by atoms with van der Waals surface area (Å²) in [6.07, 6.45) is 0. The van der Waals surface area contributed by atoms with Crippen LogP contribution in [0.3, 0.4) is 0 Å². The van der Waals surface area contributed by atoms with E-state index in [9.17, 15) is 0 Å². The molecule has 1 unspecified atom stereocenters. The van der Waals surface area contributed by atoms with Crippen LogP contribution in [0.1, 0.15) is 18.5 Å². The van der Waals surface area contributed by atoms with Crippen molar-refractivity contribution >= 4 is 27.5 Å². The molecule has 1 fully saturated rings. The van der Waals surface area contributed by atoms with E-state index in [-0.39, 0.29) is 6.04 Å². The van der Waals surface area contributed by atoms with E-state index in [0.29, 0.717) is 6.54 Å². The summed E-state index contributed by atoms with van der Waals surface area (Å²) in [6.45, 7) is 8.32. The number of halogens is 2. The number of hydrogen-bond donors (Lipinski definition) is 1. The molecule has 0 aromatic heterocycles. The first kappa shape index (κ1) is 15.3. The molecule has 19 heavy (non-hydrogen) atoms. The molecule has 0 bridgehead atoms. The first-order valence-corrected chi connectivity index (χ1v) is 7.94. The zero-order valence-corrected chi connectivity index (χ0v) is 13.6. The molecule has 1 heterocycles. The zero-order chi connectivity index (χ0) is 13.8. The van der Waals surface area contributed by atoms with Gasteiger partial charge in [0.1, 0.15) is 0 Å². The molecular weight excluding hydrogens is 326 g/mol.